The second kappa shape index (κ2) is 6.39. The molecule has 0 radical (unpaired) electrons. The van der Waals surface area contributed by atoms with Gasteiger partial charge in [-0.1, -0.05) is 11.6 Å². The minimum absolute atomic E-state index is 0.0753. The van der Waals surface area contributed by atoms with Crippen LogP contribution >= 0.6 is 11.6 Å². The van der Waals surface area contributed by atoms with Crippen LogP contribution in [0, 0.1) is 17.2 Å². The standard InChI is InChI=1S/C16H16ClN3O2/c17-12-1-2-14-13(6-12)11(8-19-14)5-16(21)20-15(7-18)10-3-4-22-9-10/h1-2,6,8,10,15,19H,3-5,9H2,(H,20,21). The first kappa shape index (κ1) is 14.9. The Bertz CT molecular complexity index is 729. The van der Waals surface area contributed by atoms with Gasteiger partial charge in [-0.2, -0.15) is 5.26 Å². The minimum Gasteiger partial charge on any atom is -0.381 e. The van der Waals surface area contributed by atoms with E-state index in [1.165, 1.54) is 0 Å². The largest absolute Gasteiger partial charge is 0.381 e. The number of hydrogen-bond donors (Lipinski definition) is 2. The molecule has 22 heavy (non-hydrogen) atoms. The van der Waals surface area contributed by atoms with Gasteiger partial charge in [0.25, 0.3) is 0 Å². The molecule has 0 aliphatic carbocycles. The van der Waals surface area contributed by atoms with Crippen LogP contribution in [0.2, 0.25) is 5.02 Å². The Hall–Kier alpha value is -2.03. The van der Waals surface area contributed by atoms with Crippen LogP contribution in [0.15, 0.2) is 24.4 Å². The molecule has 2 heterocycles. The number of nitrogens with zero attached hydrogens (tertiary/aromatic N) is 1. The average Bonchev–Trinajstić information content (AvgIpc) is 3.15. The summed E-state index contributed by atoms with van der Waals surface area (Å²) in [5, 5.41) is 13.6. The van der Waals surface area contributed by atoms with E-state index in [4.69, 9.17) is 16.3 Å². The van der Waals surface area contributed by atoms with E-state index in [0.29, 0.717) is 18.2 Å². The van der Waals surface area contributed by atoms with Crippen LogP contribution in [-0.4, -0.2) is 30.1 Å². The van der Waals surface area contributed by atoms with Crippen LogP contribution in [0.3, 0.4) is 0 Å². The van der Waals surface area contributed by atoms with Gasteiger partial charge in [0.2, 0.25) is 5.91 Å². The molecule has 0 saturated carbocycles. The SMILES string of the molecule is N#CC(NC(=O)Cc1c[nH]c2ccc(Cl)cc12)C1CCOC1. The second-order valence-electron chi connectivity index (χ2n) is 5.48. The molecule has 1 aromatic carbocycles. The molecule has 0 spiro atoms. The van der Waals surface area contributed by atoms with Gasteiger partial charge < -0.3 is 15.0 Å². The van der Waals surface area contributed by atoms with Crippen molar-refractivity contribution in [3.8, 4) is 6.07 Å². The second-order valence-corrected chi connectivity index (χ2v) is 5.91. The number of nitriles is 1. The predicted octanol–water partition coefficient (Wildman–Crippen LogP) is 2.41. The number of ether oxygens (including phenoxy) is 1. The number of aromatic nitrogens is 1. The Morgan fingerprint density at radius 2 is 2.45 bits per heavy atom. The van der Waals surface area contributed by atoms with Gasteiger partial charge in [-0.05, 0) is 30.2 Å². The molecule has 2 aromatic rings. The van der Waals surface area contributed by atoms with Crippen LogP contribution < -0.4 is 5.32 Å². The Kier molecular flexibility index (Phi) is 4.32. The summed E-state index contributed by atoms with van der Waals surface area (Å²) in [4.78, 5) is 15.3. The summed E-state index contributed by atoms with van der Waals surface area (Å²) in [5.41, 5.74) is 1.81. The Balaban J connectivity index is 1.70. The number of nitrogens with one attached hydrogen (secondary N) is 2. The quantitative estimate of drug-likeness (QED) is 0.909. The van der Waals surface area contributed by atoms with Gasteiger partial charge in [-0.15, -0.1) is 0 Å². The third-order valence-electron chi connectivity index (χ3n) is 3.97. The summed E-state index contributed by atoms with van der Waals surface area (Å²) in [6, 6.07) is 7.18. The maximum Gasteiger partial charge on any atom is 0.225 e. The monoisotopic (exact) mass is 317 g/mol. The molecule has 1 fully saturated rings. The fourth-order valence-corrected chi connectivity index (χ4v) is 2.94. The lowest BCUT2D eigenvalue weighted by Gasteiger charge is -2.16. The van der Waals surface area contributed by atoms with Crippen molar-refractivity contribution >= 4 is 28.4 Å². The topological polar surface area (TPSA) is 77.9 Å². The van der Waals surface area contributed by atoms with Crippen molar-refractivity contribution in [2.75, 3.05) is 13.2 Å². The number of carbonyl (C=O) groups is 1. The molecule has 1 aliphatic heterocycles. The van der Waals surface area contributed by atoms with Crippen molar-refractivity contribution in [3.05, 3.63) is 35.0 Å². The van der Waals surface area contributed by atoms with Crippen molar-refractivity contribution in [3.63, 3.8) is 0 Å². The van der Waals surface area contributed by atoms with E-state index >= 15 is 0 Å². The van der Waals surface area contributed by atoms with E-state index in [9.17, 15) is 10.1 Å². The van der Waals surface area contributed by atoms with Crippen molar-refractivity contribution in [2.45, 2.75) is 18.9 Å². The van der Waals surface area contributed by atoms with E-state index in [2.05, 4.69) is 16.4 Å². The molecule has 0 bridgehead atoms. The lowest BCUT2D eigenvalue weighted by molar-refractivity contribution is -0.121. The highest BCUT2D eigenvalue weighted by atomic mass is 35.5. The Morgan fingerprint density at radius 3 is 3.18 bits per heavy atom. The number of benzene rings is 1. The van der Waals surface area contributed by atoms with Gasteiger partial charge in [-0.25, -0.2) is 0 Å². The Labute approximate surface area is 133 Å². The normalized spacial score (nSPS) is 19.0. The molecule has 2 unspecified atom stereocenters. The predicted molar refractivity (Wildman–Crippen MR) is 83.5 cm³/mol. The lowest BCUT2D eigenvalue weighted by Crippen LogP contribution is -2.40. The smallest absolute Gasteiger partial charge is 0.225 e. The first-order chi connectivity index (χ1) is 10.7. The number of halogens is 1. The molecular weight excluding hydrogens is 302 g/mol. The van der Waals surface area contributed by atoms with E-state index in [1.807, 2.05) is 12.1 Å². The zero-order valence-corrected chi connectivity index (χ0v) is 12.7. The molecule has 2 atom stereocenters. The maximum atomic E-state index is 12.2. The highest BCUT2D eigenvalue weighted by Crippen LogP contribution is 2.23. The fourth-order valence-electron chi connectivity index (χ4n) is 2.77. The first-order valence-electron chi connectivity index (χ1n) is 7.19. The molecule has 1 aromatic heterocycles. The minimum atomic E-state index is -0.496. The number of fused-ring (bicyclic) bond motifs is 1. The average molecular weight is 318 g/mol. The first-order valence-corrected chi connectivity index (χ1v) is 7.57. The summed E-state index contributed by atoms with van der Waals surface area (Å²) < 4.78 is 5.28. The third kappa shape index (κ3) is 3.08. The summed E-state index contributed by atoms with van der Waals surface area (Å²) in [6.45, 7) is 1.18. The molecule has 114 valence electrons. The third-order valence-corrected chi connectivity index (χ3v) is 4.21. The van der Waals surface area contributed by atoms with Crippen molar-refractivity contribution in [2.24, 2.45) is 5.92 Å². The highest BCUT2D eigenvalue weighted by molar-refractivity contribution is 6.31. The summed E-state index contributed by atoms with van der Waals surface area (Å²) in [6.07, 6.45) is 2.83. The molecule has 3 rings (SSSR count). The molecule has 5 nitrogen and oxygen atoms in total. The van der Waals surface area contributed by atoms with E-state index < -0.39 is 6.04 Å². The highest BCUT2D eigenvalue weighted by Gasteiger charge is 2.27. The fraction of sp³-hybridized carbons (Fsp3) is 0.375. The van der Waals surface area contributed by atoms with Gasteiger partial charge in [0.1, 0.15) is 6.04 Å². The number of rotatable bonds is 4. The Morgan fingerprint density at radius 1 is 1.59 bits per heavy atom. The summed E-state index contributed by atoms with van der Waals surface area (Å²) >= 11 is 6.01. The van der Waals surface area contributed by atoms with Gasteiger partial charge in [0.15, 0.2) is 0 Å². The summed E-state index contributed by atoms with van der Waals surface area (Å²) in [7, 11) is 0. The zero-order chi connectivity index (χ0) is 15.5. The van der Waals surface area contributed by atoms with E-state index in [1.54, 1.807) is 12.3 Å². The van der Waals surface area contributed by atoms with Gasteiger partial charge in [0, 0.05) is 34.6 Å². The number of carbonyl (C=O) groups excluding carboxylic acids is 1. The molecule has 2 N–H and O–H groups in total. The molecule has 1 aliphatic rings. The van der Waals surface area contributed by atoms with Crippen molar-refractivity contribution in [1.29, 1.82) is 5.26 Å². The maximum absolute atomic E-state index is 12.2. The van der Waals surface area contributed by atoms with Crippen LogP contribution in [-0.2, 0) is 16.0 Å². The summed E-state index contributed by atoms with van der Waals surface area (Å²) in [5.74, 6) is -0.0920. The lowest BCUT2D eigenvalue weighted by atomic mass is 10.00. The van der Waals surface area contributed by atoms with Crippen molar-refractivity contribution in [1.82, 2.24) is 10.3 Å². The van der Waals surface area contributed by atoms with Gasteiger partial charge in [0.05, 0.1) is 19.1 Å². The van der Waals surface area contributed by atoms with Crippen LogP contribution in [0.25, 0.3) is 10.9 Å². The molecule has 6 heteroatoms. The van der Waals surface area contributed by atoms with Crippen LogP contribution in [0.4, 0.5) is 0 Å². The number of H-pyrrole nitrogens is 1. The van der Waals surface area contributed by atoms with E-state index in [-0.39, 0.29) is 18.2 Å². The zero-order valence-electron chi connectivity index (χ0n) is 11.9. The number of amides is 1. The molecular formula is C16H16ClN3O2. The van der Waals surface area contributed by atoms with Gasteiger partial charge in [-0.3, -0.25) is 4.79 Å². The van der Waals surface area contributed by atoms with Gasteiger partial charge >= 0.3 is 0 Å². The van der Waals surface area contributed by atoms with Crippen LogP contribution in [0.1, 0.15) is 12.0 Å². The molecule has 1 amide bonds. The van der Waals surface area contributed by atoms with Crippen LogP contribution in [0.5, 0.6) is 0 Å². The molecule has 1 saturated heterocycles. The number of aromatic amines is 1. The van der Waals surface area contributed by atoms with Crippen molar-refractivity contribution < 1.29 is 9.53 Å². The van der Waals surface area contributed by atoms with E-state index in [0.717, 1.165) is 22.9 Å². The number of hydrogen-bond acceptors (Lipinski definition) is 3.